The quantitative estimate of drug-likeness (QED) is 0.209. The van der Waals surface area contributed by atoms with Crippen LogP contribution in [0.3, 0.4) is 0 Å². The first-order valence-corrected chi connectivity index (χ1v) is 10.9. The Morgan fingerprint density at radius 2 is 1.83 bits per heavy atom. The number of halogens is 2. The third-order valence-electron chi connectivity index (χ3n) is 5.01. The van der Waals surface area contributed by atoms with Gasteiger partial charge in [-0.05, 0) is 51.8 Å². The monoisotopic (exact) mass is 539 g/mol. The Morgan fingerprint density at radius 3 is 2.54 bits per heavy atom. The minimum atomic E-state index is -1.02. The highest BCUT2D eigenvalue weighted by Crippen LogP contribution is 2.29. The third-order valence-corrected chi connectivity index (χ3v) is 5.63. The Bertz CT molecular complexity index is 1410. The largest absolute Gasteiger partial charge is 0.488 e. The van der Waals surface area contributed by atoms with Crippen LogP contribution < -0.4 is 15.0 Å². The summed E-state index contributed by atoms with van der Waals surface area (Å²) in [5.41, 5.74) is 0.0876. The molecule has 11 heteroatoms. The number of nitrogens with one attached hydrogen (secondary N) is 1. The molecule has 0 radical (unpaired) electrons. The summed E-state index contributed by atoms with van der Waals surface area (Å²) in [6, 6.07) is 14.9. The van der Waals surface area contributed by atoms with Crippen LogP contribution in [0.5, 0.6) is 5.75 Å². The van der Waals surface area contributed by atoms with Gasteiger partial charge >= 0.3 is 6.03 Å². The maximum absolute atomic E-state index is 13.8. The molecule has 4 amide bonds. The number of barbiturate groups is 1. The lowest BCUT2D eigenvalue weighted by molar-refractivity contribution is -0.384. The fourth-order valence-electron chi connectivity index (χ4n) is 3.30. The summed E-state index contributed by atoms with van der Waals surface area (Å²) in [5.74, 6) is -1.83. The minimum Gasteiger partial charge on any atom is -0.488 e. The number of rotatable bonds is 6. The van der Waals surface area contributed by atoms with Crippen LogP contribution in [0, 0.1) is 15.9 Å². The topological polar surface area (TPSA) is 119 Å². The average molecular weight is 540 g/mol. The Labute approximate surface area is 206 Å². The van der Waals surface area contributed by atoms with E-state index in [2.05, 4.69) is 21.2 Å². The van der Waals surface area contributed by atoms with Crippen LogP contribution in [-0.4, -0.2) is 22.8 Å². The van der Waals surface area contributed by atoms with Gasteiger partial charge in [-0.25, -0.2) is 14.1 Å². The van der Waals surface area contributed by atoms with E-state index in [1.165, 1.54) is 30.3 Å². The minimum absolute atomic E-state index is 0.00706. The lowest BCUT2D eigenvalue weighted by atomic mass is 10.1. The second-order valence-corrected chi connectivity index (χ2v) is 8.16. The van der Waals surface area contributed by atoms with Crippen molar-refractivity contribution in [3.05, 3.63) is 104 Å². The van der Waals surface area contributed by atoms with Crippen LogP contribution in [0.4, 0.5) is 20.6 Å². The van der Waals surface area contributed by atoms with Crippen molar-refractivity contribution in [2.45, 2.75) is 6.61 Å². The molecule has 0 unspecified atom stereocenters. The van der Waals surface area contributed by atoms with Crippen molar-refractivity contribution in [1.29, 1.82) is 0 Å². The van der Waals surface area contributed by atoms with Crippen LogP contribution in [0.1, 0.15) is 11.1 Å². The van der Waals surface area contributed by atoms with Crippen molar-refractivity contribution in [3.8, 4) is 5.75 Å². The number of nitro groups is 1. The molecule has 0 atom stereocenters. The number of urea groups is 1. The number of benzene rings is 3. The molecule has 4 rings (SSSR count). The van der Waals surface area contributed by atoms with E-state index in [4.69, 9.17) is 4.74 Å². The second kappa shape index (κ2) is 9.85. The number of ether oxygens (including phenoxy) is 1. The van der Waals surface area contributed by atoms with Crippen LogP contribution in [0.25, 0.3) is 6.08 Å². The Hall–Kier alpha value is -4.38. The van der Waals surface area contributed by atoms with E-state index < -0.39 is 28.6 Å². The maximum Gasteiger partial charge on any atom is 0.335 e. The first kappa shape index (κ1) is 23.8. The normalized spacial score (nSPS) is 14.7. The molecule has 9 nitrogen and oxygen atoms in total. The van der Waals surface area contributed by atoms with E-state index in [0.29, 0.717) is 26.2 Å². The van der Waals surface area contributed by atoms with Gasteiger partial charge in [0.1, 0.15) is 23.7 Å². The number of imide groups is 2. The molecule has 0 aromatic heterocycles. The predicted octanol–water partition coefficient (Wildman–Crippen LogP) is 4.74. The van der Waals surface area contributed by atoms with Crippen LogP contribution >= 0.6 is 15.9 Å². The van der Waals surface area contributed by atoms with Gasteiger partial charge in [0.05, 0.1) is 15.1 Å². The molecule has 0 spiro atoms. The number of anilines is 1. The highest BCUT2D eigenvalue weighted by molar-refractivity contribution is 9.10. The zero-order valence-electron chi connectivity index (χ0n) is 17.7. The van der Waals surface area contributed by atoms with Crippen LogP contribution in [0.2, 0.25) is 0 Å². The van der Waals surface area contributed by atoms with Crippen molar-refractivity contribution in [2.24, 2.45) is 0 Å². The summed E-state index contributed by atoms with van der Waals surface area (Å²) in [6.45, 7) is -0.00706. The number of hydrogen-bond acceptors (Lipinski definition) is 6. The summed E-state index contributed by atoms with van der Waals surface area (Å²) >= 11 is 3.35. The molecule has 1 saturated heterocycles. The maximum atomic E-state index is 13.8. The van der Waals surface area contributed by atoms with E-state index in [-0.39, 0.29) is 23.6 Å². The van der Waals surface area contributed by atoms with Crippen LogP contribution in [0.15, 0.2) is 76.8 Å². The summed E-state index contributed by atoms with van der Waals surface area (Å²) in [5, 5.41) is 13.1. The molecule has 0 saturated carbocycles. The number of carbonyl (C=O) groups is 3. The first-order chi connectivity index (χ1) is 16.7. The number of hydrogen-bond donors (Lipinski definition) is 1. The van der Waals surface area contributed by atoms with Gasteiger partial charge in [0.2, 0.25) is 0 Å². The molecule has 3 aromatic carbocycles. The molecule has 0 bridgehead atoms. The highest BCUT2D eigenvalue weighted by Gasteiger charge is 2.37. The molecule has 1 heterocycles. The number of non-ortho nitro benzene ring substituents is 1. The fourth-order valence-corrected chi connectivity index (χ4v) is 3.81. The lowest BCUT2D eigenvalue weighted by Crippen LogP contribution is -2.54. The lowest BCUT2D eigenvalue weighted by Gasteiger charge is -2.26. The van der Waals surface area contributed by atoms with Gasteiger partial charge < -0.3 is 4.74 Å². The summed E-state index contributed by atoms with van der Waals surface area (Å²) < 4.78 is 19.9. The Morgan fingerprint density at radius 1 is 1.06 bits per heavy atom. The molecule has 35 heavy (non-hydrogen) atoms. The smallest absolute Gasteiger partial charge is 0.335 e. The fraction of sp³-hybridized carbons (Fsp3) is 0.0417. The molecule has 3 aromatic rings. The first-order valence-electron chi connectivity index (χ1n) is 10.1. The number of carbonyl (C=O) groups excluding carboxylic acids is 3. The predicted molar refractivity (Wildman–Crippen MR) is 127 cm³/mol. The van der Waals surface area contributed by atoms with Crippen molar-refractivity contribution < 1.29 is 28.4 Å². The van der Waals surface area contributed by atoms with Crippen molar-refractivity contribution in [3.63, 3.8) is 0 Å². The third kappa shape index (κ3) is 5.09. The molecule has 176 valence electrons. The van der Waals surface area contributed by atoms with Crippen molar-refractivity contribution in [2.75, 3.05) is 4.90 Å². The van der Waals surface area contributed by atoms with Gasteiger partial charge in [-0.2, -0.15) is 0 Å². The molecule has 1 aliphatic rings. The number of nitrogens with zero attached hydrogens (tertiary/aromatic N) is 2. The number of amides is 4. The van der Waals surface area contributed by atoms with Crippen molar-refractivity contribution >= 4 is 51.2 Å². The van der Waals surface area contributed by atoms with Crippen molar-refractivity contribution in [1.82, 2.24) is 5.32 Å². The van der Waals surface area contributed by atoms with E-state index in [9.17, 15) is 28.9 Å². The van der Waals surface area contributed by atoms with E-state index in [1.54, 1.807) is 36.4 Å². The zero-order valence-corrected chi connectivity index (χ0v) is 19.3. The average Bonchev–Trinajstić information content (AvgIpc) is 2.82. The summed E-state index contributed by atoms with van der Waals surface area (Å²) in [4.78, 5) is 48.8. The van der Waals surface area contributed by atoms with Gasteiger partial charge in [0.15, 0.2) is 0 Å². The summed E-state index contributed by atoms with van der Waals surface area (Å²) in [6.07, 6.45) is 1.28. The van der Waals surface area contributed by atoms with Gasteiger partial charge in [0, 0.05) is 17.7 Å². The van der Waals surface area contributed by atoms with E-state index in [1.807, 2.05) is 0 Å². The SMILES string of the molecule is O=C1NC(=O)N(c2cccc([N+](=O)[O-])c2)C(=O)/C1=C/c1ccc(OCc2ccccc2F)c(Br)c1. The van der Waals surface area contributed by atoms with Gasteiger partial charge in [-0.1, -0.05) is 30.3 Å². The zero-order chi connectivity index (χ0) is 25.1. The molecular formula is C24H15BrFN3O6. The Balaban J connectivity index is 1.58. The van der Waals surface area contributed by atoms with Gasteiger partial charge in [-0.3, -0.25) is 25.0 Å². The molecule has 1 aliphatic heterocycles. The molecule has 0 aliphatic carbocycles. The highest BCUT2D eigenvalue weighted by atomic mass is 79.9. The van der Waals surface area contributed by atoms with Gasteiger partial charge in [-0.15, -0.1) is 0 Å². The van der Waals surface area contributed by atoms with Crippen LogP contribution in [-0.2, 0) is 16.2 Å². The molecular weight excluding hydrogens is 525 g/mol. The Kier molecular flexibility index (Phi) is 6.69. The standard InChI is InChI=1S/C24H15BrFN3O6/c25-19-11-14(8-9-21(19)35-13-15-4-1-2-7-20(15)26)10-18-22(30)27-24(32)28(23(18)31)16-5-3-6-17(12-16)29(33)34/h1-12H,13H2,(H,27,30,32)/b18-10+. The number of nitro benzene ring substituents is 1. The van der Waals surface area contributed by atoms with E-state index in [0.717, 1.165) is 6.07 Å². The van der Waals surface area contributed by atoms with E-state index >= 15 is 0 Å². The summed E-state index contributed by atoms with van der Waals surface area (Å²) in [7, 11) is 0. The van der Waals surface area contributed by atoms with Gasteiger partial charge in [0.25, 0.3) is 17.5 Å². The second-order valence-electron chi connectivity index (χ2n) is 7.30. The molecule has 1 fully saturated rings. The molecule has 1 N–H and O–H groups in total.